The summed E-state index contributed by atoms with van der Waals surface area (Å²) in [4.78, 5) is 28.4. The summed E-state index contributed by atoms with van der Waals surface area (Å²) in [5.41, 5.74) is 0.845. The first-order valence-corrected chi connectivity index (χ1v) is 15.0. The molecule has 11 nitrogen and oxygen atoms in total. The van der Waals surface area contributed by atoms with Gasteiger partial charge in [-0.1, -0.05) is 30.3 Å². The second-order valence-electron chi connectivity index (χ2n) is 9.91. The number of hydrogen-bond acceptors (Lipinski definition) is 8. The normalized spacial score (nSPS) is 11.8. The van der Waals surface area contributed by atoms with Crippen molar-refractivity contribution in [3.05, 3.63) is 72.3 Å². The van der Waals surface area contributed by atoms with Crippen molar-refractivity contribution < 1.29 is 37.0 Å². The summed E-state index contributed by atoms with van der Waals surface area (Å²) in [5, 5.41) is 2.83. The molecule has 0 spiro atoms. The van der Waals surface area contributed by atoms with Crippen molar-refractivity contribution in [2.45, 2.75) is 44.3 Å². The molecule has 0 heterocycles. The fraction of sp³-hybridized carbons (Fsp3) is 0.355. The summed E-state index contributed by atoms with van der Waals surface area (Å²) >= 11 is 0. The molecule has 0 unspecified atom stereocenters. The van der Waals surface area contributed by atoms with Gasteiger partial charge in [-0.15, -0.1) is 0 Å². The topological polar surface area (TPSA) is 124 Å². The molecular formula is C31H39N3O8S. The van der Waals surface area contributed by atoms with Gasteiger partial charge in [-0.25, -0.2) is 8.42 Å². The highest BCUT2D eigenvalue weighted by atomic mass is 32.2. The first-order chi connectivity index (χ1) is 20.5. The number of anilines is 1. The van der Waals surface area contributed by atoms with Gasteiger partial charge in [0.15, 0.2) is 11.5 Å². The van der Waals surface area contributed by atoms with Crippen LogP contribution in [0.15, 0.2) is 71.6 Å². The van der Waals surface area contributed by atoms with Crippen LogP contribution in [0.3, 0.4) is 0 Å². The Hall–Kier alpha value is -4.45. The molecule has 0 aliphatic rings. The van der Waals surface area contributed by atoms with E-state index in [0.717, 1.165) is 9.87 Å². The van der Waals surface area contributed by atoms with E-state index in [2.05, 4.69) is 5.32 Å². The van der Waals surface area contributed by atoms with Gasteiger partial charge < -0.3 is 29.2 Å². The average molecular weight is 614 g/mol. The van der Waals surface area contributed by atoms with Crippen LogP contribution in [0.25, 0.3) is 0 Å². The Kier molecular flexibility index (Phi) is 11.2. The fourth-order valence-corrected chi connectivity index (χ4v) is 5.81. The second kappa shape index (κ2) is 14.6. The Morgan fingerprint density at radius 1 is 0.791 bits per heavy atom. The maximum absolute atomic E-state index is 14.3. The number of hydrogen-bond donors (Lipinski definition) is 1. The summed E-state index contributed by atoms with van der Waals surface area (Å²) in [7, 11) is 1.26. The van der Waals surface area contributed by atoms with Crippen molar-refractivity contribution >= 4 is 27.5 Å². The number of carbonyl (C=O) groups is 2. The van der Waals surface area contributed by atoms with Crippen molar-refractivity contribution in [2.75, 3.05) is 39.3 Å². The summed E-state index contributed by atoms with van der Waals surface area (Å²) in [5.74, 6) is 0.0929. The number of nitrogens with zero attached hydrogens (tertiary/aromatic N) is 2. The number of ether oxygens (including phenoxy) is 4. The lowest BCUT2D eigenvalue weighted by Crippen LogP contribution is -2.52. The molecule has 0 aromatic heterocycles. The van der Waals surface area contributed by atoms with Crippen LogP contribution >= 0.6 is 0 Å². The molecule has 0 saturated heterocycles. The summed E-state index contributed by atoms with van der Waals surface area (Å²) in [6.07, 6.45) is 0. The van der Waals surface area contributed by atoms with Crippen molar-refractivity contribution in [1.82, 2.24) is 10.2 Å². The van der Waals surface area contributed by atoms with E-state index >= 15 is 0 Å². The van der Waals surface area contributed by atoms with Gasteiger partial charge in [-0.2, -0.15) is 0 Å². The Balaban J connectivity index is 2.16. The number of sulfonamides is 1. The molecule has 3 aromatic carbocycles. The molecular weight excluding hydrogens is 574 g/mol. The maximum Gasteiger partial charge on any atom is 0.265 e. The Bertz CT molecular complexity index is 1510. The molecule has 0 saturated carbocycles. The van der Waals surface area contributed by atoms with Crippen LogP contribution in [0.2, 0.25) is 0 Å². The predicted molar refractivity (Wildman–Crippen MR) is 163 cm³/mol. The zero-order valence-electron chi connectivity index (χ0n) is 25.5. The minimum atomic E-state index is -4.42. The first kappa shape index (κ1) is 33.1. The van der Waals surface area contributed by atoms with Gasteiger partial charge in [0.1, 0.15) is 24.1 Å². The number of nitrogens with one attached hydrogen (secondary N) is 1. The zero-order chi connectivity index (χ0) is 31.7. The van der Waals surface area contributed by atoms with Gasteiger partial charge in [0, 0.05) is 24.7 Å². The largest absolute Gasteiger partial charge is 0.497 e. The second-order valence-corrected chi connectivity index (χ2v) is 11.8. The average Bonchev–Trinajstić information content (AvgIpc) is 3.01. The highest BCUT2D eigenvalue weighted by Gasteiger charge is 2.34. The molecule has 3 rings (SSSR count). The molecule has 0 fully saturated rings. The monoisotopic (exact) mass is 613 g/mol. The molecule has 2 amide bonds. The minimum Gasteiger partial charge on any atom is -0.497 e. The maximum atomic E-state index is 14.3. The minimum absolute atomic E-state index is 0.0731. The third-order valence-corrected chi connectivity index (χ3v) is 8.43. The zero-order valence-corrected chi connectivity index (χ0v) is 26.3. The number of methoxy groups -OCH3 is 4. The van der Waals surface area contributed by atoms with Crippen LogP contribution in [0, 0.1) is 0 Å². The van der Waals surface area contributed by atoms with Crippen molar-refractivity contribution in [3.63, 3.8) is 0 Å². The Morgan fingerprint density at radius 2 is 1.42 bits per heavy atom. The van der Waals surface area contributed by atoms with Gasteiger partial charge in [-0.3, -0.25) is 13.9 Å². The van der Waals surface area contributed by atoms with Crippen LogP contribution < -0.4 is 28.6 Å². The fourth-order valence-electron chi connectivity index (χ4n) is 4.38. The number of amides is 2. The molecule has 3 aromatic rings. The third-order valence-electron chi connectivity index (χ3n) is 6.67. The molecule has 0 aliphatic heterocycles. The first-order valence-electron chi connectivity index (χ1n) is 13.6. The molecule has 232 valence electrons. The number of carbonyl (C=O) groups excluding carboxylic acids is 2. The quantitative estimate of drug-likeness (QED) is 0.291. The van der Waals surface area contributed by atoms with Gasteiger partial charge >= 0.3 is 0 Å². The van der Waals surface area contributed by atoms with E-state index in [9.17, 15) is 18.0 Å². The molecule has 1 N–H and O–H groups in total. The van der Waals surface area contributed by atoms with Crippen LogP contribution in [0.1, 0.15) is 26.3 Å². The van der Waals surface area contributed by atoms with Crippen LogP contribution in [0.4, 0.5) is 5.69 Å². The van der Waals surface area contributed by atoms with Crippen molar-refractivity contribution in [2.24, 2.45) is 0 Å². The molecule has 1 atom stereocenters. The van der Waals surface area contributed by atoms with Crippen LogP contribution in [-0.4, -0.2) is 72.2 Å². The van der Waals surface area contributed by atoms with E-state index in [4.69, 9.17) is 18.9 Å². The lowest BCUT2D eigenvalue weighted by molar-refractivity contribution is -0.139. The highest BCUT2D eigenvalue weighted by Crippen LogP contribution is 2.37. The molecule has 0 bridgehead atoms. The standard InChI is InChI=1S/C31H39N3O8S/c1-21(2)32-31(36)22(3)33(19-23-11-9-8-10-12-23)30(35)20-34(26-17-24(39-4)13-15-27(26)40-5)43(37,38)25-14-16-28(41-6)29(18-25)42-7/h8-18,21-22H,19-20H2,1-7H3,(H,32,36)/t22-/m0/s1. The predicted octanol–water partition coefficient (Wildman–Crippen LogP) is 3.86. The van der Waals surface area contributed by atoms with Crippen molar-refractivity contribution in [3.8, 4) is 23.0 Å². The van der Waals surface area contributed by atoms with E-state index in [-0.39, 0.29) is 40.6 Å². The summed E-state index contributed by atoms with van der Waals surface area (Å²) in [6, 6.07) is 16.9. The Labute approximate surface area is 253 Å². The van der Waals surface area contributed by atoms with E-state index < -0.39 is 28.5 Å². The lowest BCUT2D eigenvalue weighted by Gasteiger charge is -2.32. The smallest absolute Gasteiger partial charge is 0.265 e. The molecule has 12 heteroatoms. The van der Waals surface area contributed by atoms with Crippen LogP contribution in [0.5, 0.6) is 23.0 Å². The van der Waals surface area contributed by atoms with E-state index in [1.165, 1.54) is 57.6 Å². The van der Waals surface area contributed by atoms with Gasteiger partial charge in [0.2, 0.25) is 11.8 Å². The van der Waals surface area contributed by atoms with Gasteiger partial charge in [-0.05, 0) is 50.6 Å². The number of benzene rings is 3. The highest BCUT2D eigenvalue weighted by molar-refractivity contribution is 7.92. The number of rotatable bonds is 14. The van der Waals surface area contributed by atoms with Crippen molar-refractivity contribution in [1.29, 1.82) is 0 Å². The third kappa shape index (κ3) is 7.89. The van der Waals surface area contributed by atoms with E-state index in [1.54, 1.807) is 19.1 Å². The molecule has 0 aliphatic carbocycles. The van der Waals surface area contributed by atoms with Gasteiger partial charge in [0.05, 0.1) is 39.0 Å². The van der Waals surface area contributed by atoms with E-state index in [0.29, 0.717) is 11.5 Å². The molecule has 43 heavy (non-hydrogen) atoms. The van der Waals surface area contributed by atoms with Crippen LogP contribution in [-0.2, 0) is 26.2 Å². The van der Waals surface area contributed by atoms with Gasteiger partial charge in [0.25, 0.3) is 10.0 Å². The molecule has 0 radical (unpaired) electrons. The van der Waals surface area contributed by atoms with E-state index in [1.807, 2.05) is 44.2 Å². The lowest BCUT2D eigenvalue weighted by atomic mass is 10.1. The SMILES string of the molecule is COc1ccc(OC)c(N(CC(=O)N(Cc2ccccc2)[C@@H](C)C(=O)NC(C)C)S(=O)(=O)c2ccc(OC)c(OC)c2)c1. The summed E-state index contributed by atoms with van der Waals surface area (Å²) in [6.45, 7) is 4.68. The Morgan fingerprint density at radius 3 is 2.00 bits per heavy atom. The summed E-state index contributed by atoms with van der Waals surface area (Å²) < 4.78 is 51.1.